The van der Waals surface area contributed by atoms with Crippen LogP contribution in [-0.4, -0.2) is 27.5 Å². The summed E-state index contributed by atoms with van der Waals surface area (Å²) in [5.74, 6) is -1.57. The lowest BCUT2D eigenvalue weighted by Gasteiger charge is -2.29. The van der Waals surface area contributed by atoms with Gasteiger partial charge < -0.3 is 14.5 Å². The SMILES string of the molecule is O=C(CCBr)N(OC(=O)C(O)(c1ccccc1)c1ccccc1)c1ccon1. The topological polar surface area (TPSA) is 92.9 Å². The fourth-order valence-electron chi connectivity index (χ4n) is 2.63. The van der Waals surface area contributed by atoms with E-state index in [0.29, 0.717) is 16.5 Å². The van der Waals surface area contributed by atoms with Crippen molar-refractivity contribution in [2.24, 2.45) is 0 Å². The van der Waals surface area contributed by atoms with Gasteiger partial charge in [0.1, 0.15) is 6.26 Å². The number of hydrogen-bond donors (Lipinski definition) is 1. The molecular weight excluding hydrogens is 428 g/mol. The number of benzene rings is 2. The molecule has 8 heteroatoms. The molecule has 1 aromatic heterocycles. The van der Waals surface area contributed by atoms with E-state index in [1.54, 1.807) is 60.7 Å². The van der Waals surface area contributed by atoms with Gasteiger partial charge in [0.25, 0.3) is 5.91 Å². The summed E-state index contributed by atoms with van der Waals surface area (Å²) in [5, 5.41) is 16.2. The van der Waals surface area contributed by atoms with Crippen LogP contribution in [0.25, 0.3) is 0 Å². The Kier molecular flexibility index (Phi) is 6.23. The molecule has 0 aliphatic rings. The van der Waals surface area contributed by atoms with Crippen LogP contribution >= 0.6 is 15.9 Å². The van der Waals surface area contributed by atoms with Crippen LogP contribution < -0.4 is 5.06 Å². The Morgan fingerprint density at radius 1 is 1.04 bits per heavy atom. The van der Waals surface area contributed by atoms with Crippen molar-refractivity contribution >= 4 is 33.6 Å². The summed E-state index contributed by atoms with van der Waals surface area (Å²) in [6.45, 7) is 0. The van der Waals surface area contributed by atoms with E-state index in [9.17, 15) is 14.7 Å². The van der Waals surface area contributed by atoms with Gasteiger partial charge in [-0.25, -0.2) is 4.79 Å². The second-order valence-electron chi connectivity index (χ2n) is 5.81. The maximum absolute atomic E-state index is 13.1. The number of nitrogens with zero attached hydrogens (tertiary/aromatic N) is 2. The molecule has 0 fully saturated rings. The first-order chi connectivity index (χ1) is 13.6. The fraction of sp³-hybridized carbons (Fsp3) is 0.150. The average Bonchev–Trinajstić information content (AvgIpc) is 3.27. The van der Waals surface area contributed by atoms with Crippen LogP contribution in [-0.2, 0) is 20.0 Å². The van der Waals surface area contributed by atoms with Crippen molar-refractivity contribution in [1.82, 2.24) is 5.16 Å². The highest BCUT2D eigenvalue weighted by atomic mass is 79.9. The molecule has 0 spiro atoms. The Bertz CT molecular complexity index is 877. The average molecular weight is 445 g/mol. The van der Waals surface area contributed by atoms with Crippen LogP contribution in [0.2, 0.25) is 0 Å². The molecule has 0 aliphatic carbocycles. The first kappa shape index (κ1) is 19.8. The Balaban J connectivity index is 2.00. The molecule has 0 saturated carbocycles. The Morgan fingerprint density at radius 3 is 2.07 bits per heavy atom. The molecule has 28 heavy (non-hydrogen) atoms. The van der Waals surface area contributed by atoms with Gasteiger partial charge in [-0.2, -0.15) is 0 Å². The zero-order chi connectivity index (χ0) is 20.0. The molecule has 7 nitrogen and oxygen atoms in total. The number of aliphatic hydroxyl groups is 1. The number of carbonyl (C=O) groups excluding carboxylic acids is 2. The Hall–Kier alpha value is -2.97. The van der Waals surface area contributed by atoms with E-state index in [4.69, 9.17) is 9.36 Å². The van der Waals surface area contributed by atoms with Gasteiger partial charge in [0.2, 0.25) is 11.4 Å². The molecule has 0 radical (unpaired) electrons. The highest BCUT2D eigenvalue weighted by molar-refractivity contribution is 9.09. The molecule has 3 rings (SSSR count). The quantitative estimate of drug-likeness (QED) is 0.463. The van der Waals surface area contributed by atoms with Gasteiger partial charge in [0.15, 0.2) is 0 Å². The lowest BCUT2D eigenvalue weighted by Crippen LogP contribution is -2.44. The molecule has 0 bridgehead atoms. The van der Waals surface area contributed by atoms with Crippen molar-refractivity contribution in [3.63, 3.8) is 0 Å². The number of hydroxylamine groups is 1. The summed E-state index contributed by atoms with van der Waals surface area (Å²) in [7, 11) is 0. The van der Waals surface area contributed by atoms with E-state index in [1.165, 1.54) is 12.3 Å². The van der Waals surface area contributed by atoms with Gasteiger partial charge >= 0.3 is 5.97 Å². The van der Waals surface area contributed by atoms with Crippen molar-refractivity contribution in [3.05, 3.63) is 84.1 Å². The molecule has 1 heterocycles. The van der Waals surface area contributed by atoms with Gasteiger partial charge in [-0.1, -0.05) is 81.8 Å². The third-order valence-corrected chi connectivity index (χ3v) is 4.42. The molecule has 144 valence electrons. The number of rotatable bonds is 6. The standard InChI is InChI=1S/C20H17BrN2O5/c21-13-11-18(24)23(17-12-14-27-22-17)28-19(25)20(26,15-7-3-1-4-8-15)16-9-5-2-6-10-16/h1-10,12,14,26H,11,13H2. The number of hydrogen-bond acceptors (Lipinski definition) is 6. The van der Waals surface area contributed by atoms with Crippen LogP contribution in [0.4, 0.5) is 5.82 Å². The summed E-state index contributed by atoms with van der Waals surface area (Å²) in [5.41, 5.74) is -1.52. The summed E-state index contributed by atoms with van der Waals surface area (Å²) < 4.78 is 4.75. The lowest BCUT2D eigenvalue weighted by atomic mass is 9.86. The lowest BCUT2D eigenvalue weighted by molar-refractivity contribution is -0.166. The van der Waals surface area contributed by atoms with E-state index in [1.807, 2.05) is 0 Å². The molecule has 1 N–H and O–H groups in total. The zero-order valence-corrected chi connectivity index (χ0v) is 16.3. The molecule has 0 atom stereocenters. The Labute approximate surface area is 169 Å². The summed E-state index contributed by atoms with van der Waals surface area (Å²) in [6, 6.07) is 18.1. The monoisotopic (exact) mass is 444 g/mol. The van der Waals surface area contributed by atoms with E-state index < -0.39 is 17.5 Å². The van der Waals surface area contributed by atoms with Gasteiger partial charge in [0.05, 0.1) is 0 Å². The van der Waals surface area contributed by atoms with Crippen LogP contribution in [0.1, 0.15) is 17.5 Å². The molecule has 1 amide bonds. The maximum Gasteiger partial charge on any atom is 0.373 e. The maximum atomic E-state index is 13.1. The summed E-state index contributed by atoms with van der Waals surface area (Å²) in [4.78, 5) is 30.9. The second-order valence-corrected chi connectivity index (χ2v) is 6.60. The zero-order valence-electron chi connectivity index (χ0n) is 14.7. The van der Waals surface area contributed by atoms with Gasteiger partial charge in [-0.05, 0) is 11.1 Å². The van der Waals surface area contributed by atoms with Gasteiger partial charge in [-0.3, -0.25) is 4.79 Å². The molecule has 0 aliphatic heterocycles. The number of aromatic nitrogens is 1. The van der Waals surface area contributed by atoms with Crippen molar-refractivity contribution in [3.8, 4) is 0 Å². The van der Waals surface area contributed by atoms with Crippen molar-refractivity contribution in [2.45, 2.75) is 12.0 Å². The summed E-state index contributed by atoms with van der Waals surface area (Å²) >= 11 is 3.18. The van der Waals surface area contributed by atoms with E-state index in [2.05, 4.69) is 21.1 Å². The highest BCUT2D eigenvalue weighted by Crippen LogP contribution is 2.32. The first-order valence-corrected chi connectivity index (χ1v) is 9.54. The molecule has 3 aromatic rings. The van der Waals surface area contributed by atoms with Crippen LogP contribution in [0.15, 0.2) is 77.5 Å². The third kappa shape index (κ3) is 3.97. The predicted molar refractivity (Wildman–Crippen MR) is 104 cm³/mol. The predicted octanol–water partition coefficient (Wildman–Crippen LogP) is 3.19. The van der Waals surface area contributed by atoms with Crippen LogP contribution in [0, 0.1) is 0 Å². The number of alkyl halides is 1. The largest absolute Gasteiger partial charge is 0.373 e. The minimum absolute atomic E-state index is 0.00257. The molecule has 2 aromatic carbocycles. The Morgan fingerprint density at radius 2 is 1.61 bits per heavy atom. The minimum Gasteiger partial charge on any atom is -0.370 e. The highest BCUT2D eigenvalue weighted by Gasteiger charge is 2.44. The second kappa shape index (κ2) is 8.81. The van der Waals surface area contributed by atoms with Crippen molar-refractivity contribution < 1.29 is 24.1 Å². The van der Waals surface area contributed by atoms with E-state index >= 15 is 0 Å². The van der Waals surface area contributed by atoms with Crippen LogP contribution in [0.3, 0.4) is 0 Å². The minimum atomic E-state index is -2.13. The van der Waals surface area contributed by atoms with Gasteiger partial charge in [0, 0.05) is 17.8 Å². The summed E-state index contributed by atoms with van der Waals surface area (Å²) in [6.07, 6.45) is 1.30. The van der Waals surface area contributed by atoms with Crippen molar-refractivity contribution in [2.75, 3.05) is 10.4 Å². The van der Waals surface area contributed by atoms with E-state index in [0.717, 1.165) is 5.06 Å². The van der Waals surface area contributed by atoms with Gasteiger partial charge in [-0.15, -0.1) is 5.06 Å². The number of amides is 1. The number of anilines is 1. The smallest absolute Gasteiger partial charge is 0.370 e. The number of halogens is 1. The van der Waals surface area contributed by atoms with Crippen molar-refractivity contribution in [1.29, 1.82) is 0 Å². The fourth-order valence-corrected chi connectivity index (χ4v) is 2.97. The first-order valence-electron chi connectivity index (χ1n) is 8.42. The normalized spacial score (nSPS) is 11.1. The van der Waals surface area contributed by atoms with E-state index in [-0.39, 0.29) is 12.2 Å². The number of carbonyl (C=O) groups is 2. The van der Waals surface area contributed by atoms with Crippen LogP contribution in [0.5, 0.6) is 0 Å². The molecule has 0 saturated heterocycles. The molecular formula is C20H17BrN2O5. The third-order valence-electron chi connectivity index (χ3n) is 4.02. The molecule has 0 unspecified atom stereocenters.